The van der Waals surface area contributed by atoms with Crippen LogP contribution in [0.5, 0.6) is 0 Å². The van der Waals surface area contributed by atoms with Crippen molar-refractivity contribution in [1.82, 2.24) is 5.32 Å². The molecule has 0 spiro atoms. The fourth-order valence-corrected chi connectivity index (χ4v) is 2.80. The minimum Gasteiger partial charge on any atom is -0.309 e. The van der Waals surface area contributed by atoms with Crippen LogP contribution in [0.2, 0.25) is 0 Å². The lowest BCUT2D eigenvalue weighted by atomic mass is 10.2. The third-order valence-corrected chi connectivity index (χ3v) is 3.92. The van der Waals surface area contributed by atoms with Crippen molar-refractivity contribution in [3.05, 3.63) is 20.8 Å². The van der Waals surface area contributed by atoms with Crippen molar-refractivity contribution < 1.29 is 0 Å². The van der Waals surface area contributed by atoms with E-state index in [0.717, 1.165) is 25.3 Å². The second kappa shape index (κ2) is 6.83. The summed E-state index contributed by atoms with van der Waals surface area (Å²) in [5.74, 6) is 0.760. The maximum Gasteiger partial charge on any atom is 0.0701 e. The number of hydrogen-bond donors (Lipinski definition) is 1. The van der Waals surface area contributed by atoms with Gasteiger partial charge in [-0.05, 0) is 47.8 Å². The Bertz CT molecular complexity index is 264. The number of hydrogen-bond acceptors (Lipinski definition) is 2. The second-order valence-electron chi connectivity index (χ2n) is 3.32. The molecule has 80 valence electrons. The lowest BCUT2D eigenvalue weighted by molar-refractivity contribution is 0.512. The van der Waals surface area contributed by atoms with Crippen molar-refractivity contribution in [2.45, 2.75) is 32.4 Å². The first-order valence-electron chi connectivity index (χ1n) is 4.76. The van der Waals surface area contributed by atoms with E-state index in [-0.39, 0.29) is 0 Å². The highest BCUT2D eigenvalue weighted by atomic mass is 79.9. The molecule has 14 heavy (non-hydrogen) atoms. The molecule has 0 aliphatic rings. The molecule has 1 heterocycles. The molecular weight excluding hydrogens is 282 g/mol. The quantitative estimate of drug-likeness (QED) is 0.782. The Balaban J connectivity index is 2.20. The molecule has 0 bridgehead atoms. The highest BCUT2D eigenvalue weighted by Crippen LogP contribution is 2.21. The van der Waals surface area contributed by atoms with Crippen molar-refractivity contribution in [1.29, 1.82) is 0 Å². The van der Waals surface area contributed by atoms with Crippen LogP contribution >= 0.6 is 38.9 Å². The van der Waals surface area contributed by atoms with E-state index in [1.165, 1.54) is 8.66 Å². The lowest BCUT2D eigenvalue weighted by Gasteiger charge is -2.11. The number of alkyl halides is 1. The van der Waals surface area contributed by atoms with Crippen LogP contribution < -0.4 is 5.32 Å². The van der Waals surface area contributed by atoms with Crippen LogP contribution in [0.1, 0.15) is 24.6 Å². The topological polar surface area (TPSA) is 12.0 Å². The van der Waals surface area contributed by atoms with E-state index in [2.05, 4.69) is 40.3 Å². The van der Waals surface area contributed by atoms with Gasteiger partial charge in [-0.2, -0.15) is 0 Å². The molecule has 0 radical (unpaired) electrons. The highest BCUT2D eigenvalue weighted by molar-refractivity contribution is 9.11. The van der Waals surface area contributed by atoms with Crippen molar-refractivity contribution >= 4 is 38.9 Å². The van der Waals surface area contributed by atoms with Crippen LogP contribution in [0.25, 0.3) is 0 Å². The molecule has 0 fully saturated rings. The molecule has 1 aromatic heterocycles. The van der Waals surface area contributed by atoms with Gasteiger partial charge in [-0.1, -0.05) is 0 Å². The third-order valence-electron chi connectivity index (χ3n) is 2.02. The van der Waals surface area contributed by atoms with Gasteiger partial charge in [0.1, 0.15) is 0 Å². The molecule has 0 aromatic carbocycles. The Hall–Kier alpha value is 0.430. The van der Waals surface area contributed by atoms with Crippen LogP contribution in [0.4, 0.5) is 0 Å². The van der Waals surface area contributed by atoms with Gasteiger partial charge in [0.15, 0.2) is 0 Å². The molecular formula is C10H15BrClNS. The second-order valence-corrected chi connectivity index (χ2v) is 6.24. The number of thiophene rings is 1. The van der Waals surface area contributed by atoms with Gasteiger partial charge in [0.25, 0.3) is 0 Å². The SMILES string of the molecule is CC(CCCCl)NCc1ccc(Br)s1. The van der Waals surface area contributed by atoms with E-state index in [9.17, 15) is 0 Å². The van der Waals surface area contributed by atoms with E-state index >= 15 is 0 Å². The first-order valence-corrected chi connectivity index (χ1v) is 6.90. The third kappa shape index (κ3) is 4.78. The van der Waals surface area contributed by atoms with Gasteiger partial charge in [-0.15, -0.1) is 22.9 Å². The lowest BCUT2D eigenvalue weighted by Crippen LogP contribution is -2.24. The van der Waals surface area contributed by atoms with Gasteiger partial charge >= 0.3 is 0 Å². The van der Waals surface area contributed by atoms with E-state index in [1.807, 2.05) is 0 Å². The monoisotopic (exact) mass is 295 g/mol. The maximum absolute atomic E-state index is 5.63. The largest absolute Gasteiger partial charge is 0.309 e. The van der Waals surface area contributed by atoms with Crippen molar-refractivity contribution in [2.75, 3.05) is 5.88 Å². The average molecular weight is 297 g/mol. The molecule has 0 saturated carbocycles. The fraction of sp³-hybridized carbons (Fsp3) is 0.600. The van der Waals surface area contributed by atoms with Crippen molar-refractivity contribution in [2.24, 2.45) is 0 Å². The van der Waals surface area contributed by atoms with Crippen LogP contribution in [-0.2, 0) is 6.54 Å². The zero-order valence-electron chi connectivity index (χ0n) is 8.22. The molecule has 1 nitrogen and oxygen atoms in total. The van der Waals surface area contributed by atoms with Gasteiger partial charge in [0.2, 0.25) is 0 Å². The van der Waals surface area contributed by atoms with Gasteiger partial charge in [0, 0.05) is 23.3 Å². The Morgan fingerprint density at radius 3 is 2.93 bits per heavy atom. The zero-order valence-corrected chi connectivity index (χ0v) is 11.4. The van der Waals surface area contributed by atoms with E-state index in [0.29, 0.717) is 6.04 Å². The summed E-state index contributed by atoms with van der Waals surface area (Å²) in [7, 11) is 0. The minimum atomic E-state index is 0.551. The van der Waals surface area contributed by atoms with Gasteiger partial charge in [-0.25, -0.2) is 0 Å². The molecule has 1 rings (SSSR count). The number of halogens is 2. The Kier molecular flexibility index (Phi) is 6.10. The number of nitrogens with one attached hydrogen (secondary N) is 1. The summed E-state index contributed by atoms with van der Waals surface area (Å²) in [6.07, 6.45) is 2.24. The summed E-state index contributed by atoms with van der Waals surface area (Å²) in [5, 5.41) is 3.48. The van der Waals surface area contributed by atoms with Crippen LogP contribution in [0, 0.1) is 0 Å². The van der Waals surface area contributed by atoms with Crippen LogP contribution in [0.15, 0.2) is 15.9 Å². The van der Waals surface area contributed by atoms with Gasteiger partial charge < -0.3 is 5.32 Å². The highest BCUT2D eigenvalue weighted by Gasteiger charge is 2.02. The Morgan fingerprint density at radius 2 is 2.36 bits per heavy atom. The summed E-state index contributed by atoms with van der Waals surface area (Å²) in [6, 6.07) is 4.79. The first-order chi connectivity index (χ1) is 6.72. The first kappa shape index (κ1) is 12.5. The summed E-state index contributed by atoms with van der Waals surface area (Å²) in [6.45, 7) is 3.16. The zero-order chi connectivity index (χ0) is 10.4. The summed E-state index contributed by atoms with van der Waals surface area (Å²) in [5.41, 5.74) is 0. The molecule has 1 N–H and O–H groups in total. The fourth-order valence-electron chi connectivity index (χ4n) is 1.21. The van der Waals surface area contributed by atoms with Crippen molar-refractivity contribution in [3.63, 3.8) is 0 Å². The molecule has 1 atom stereocenters. The smallest absolute Gasteiger partial charge is 0.0701 e. The van der Waals surface area contributed by atoms with E-state index < -0.39 is 0 Å². The molecule has 1 aromatic rings. The minimum absolute atomic E-state index is 0.551. The van der Waals surface area contributed by atoms with Crippen LogP contribution in [-0.4, -0.2) is 11.9 Å². The molecule has 1 unspecified atom stereocenters. The van der Waals surface area contributed by atoms with Crippen molar-refractivity contribution in [3.8, 4) is 0 Å². The van der Waals surface area contributed by atoms with Crippen LogP contribution in [0.3, 0.4) is 0 Å². The predicted octanol–water partition coefficient (Wildman–Crippen LogP) is 4.01. The normalized spacial score (nSPS) is 13.1. The van der Waals surface area contributed by atoms with E-state index in [4.69, 9.17) is 11.6 Å². The maximum atomic E-state index is 5.63. The molecule has 0 aliphatic carbocycles. The van der Waals surface area contributed by atoms with E-state index in [1.54, 1.807) is 11.3 Å². The predicted molar refractivity (Wildman–Crippen MR) is 68.3 cm³/mol. The summed E-state index contributed by atoms with van der Waals surface area (Å²) in [4.78, 5) is 1.37. The number of rotatable bonds is 6. The molecule has 0 aliphatic heterocycles. The summed E-state index contributed by atoms with van der Waals surface area (Å²) < 4.78 is 1.20. The van der Waals surface area contributed by atoms with Gasteiger partial charge in [-0.3, -0.25) is 0 Å². The van der Waals surface area contributed by atoms with Gasteiger partial charge in [0.05, 0.1) is 3.79 Å². The molecule has 4 heteroatoms. The summed E-state index contributed by atoms with van der Waals surface area (Å²) >= 11 is 10.9. The molecule has 0 saturated heterocycles. The average Bonchev–Trinajstić information content (AvgIpc) is 2.58. The Morgan fingerprint density at radius 1 is 1.57 bits per heavy atom. The standard InChI is InChI=1S/C10H15BrClNS/c1-8(3-2-6-12)13-7-9-4-5-10(11)14-9/h4-5,8,13H,2-3,6-7H2,1H3. The Labute approximate surface area is 103 Å². The molecule has 0 amide bonds.